The van der Waals surface area contributed by atoms with Crippen LogP contribution in [0.25, 0.3) is 0 Å². The molecule has 37 heavy (non-hydrogen) atoms. The topological polar surface area (TPSA) is 110 Å². The van der Waals surface area contributed by atoms with Crippen molar-refractivity contribution >= 4 is 35.1 Å². The lowest BCUT2D eigenvalue weighted by Gasteiger charge is -2.34. The van der Waals surface area contributed by atoms with Crippen molar-refractivity contribution < 1.29 is 23.5 Å². The third-order valence-electron chi connectivity index (χ3n) is 5.95. The molecule has 1 aromatic carbocycles. The molecule has 0 aliphatic carbocycles. The quantitative estimate of drug-likeness (QED) is 0.239. The minimum absolute atomic E-state index is 0.169. The van der Waals surface area contributed by atoms with E-state index in [1.165, 1.54) is 18.9 Å². The molecular formula is C26H31N5O5S. The average molecular weight is 526 g/mol. The molecule has 1 aliphatic rings. The predicted octanol–water partition coefficient (Wildman–Crippen LogP) is 3.69. The van der Waals surface area contributed by atoms with Gasteiger partial charge >= 0.3 is 5.97 Å². The van der Waals surface area contributed by atoms with Crippen LogP contribution in [0.2, 0.25) is 0 Å². The summed E-state index contributed by atoms with van der Waals surface area (Å²) in [6, 6.07) is 11.9. The van der Waals surface area contributed by atoms with Crippen molar-refractivity contribution in [3.05, 3.63) is 65.2 Å². The van der Waals surface area contributed by atoms with Gasteiger partial charge < -0.3 is 29.0 Å². The van der Waals surface area contributed by atoms with E-state index in [1.54, 1.807) is 43.5 Å². The van der Waals surface area contributed by atoms with Crippen molar-refractivity contribution in [3.63, 3.8) is 0 Å². The van der Waals surface area contributed by atoms with E-state index in [0.29, 0.717) is 34.5 Å². The molecule has 3 heterocycles. The molecule has 0 saturated carbocycles. The number of nitrogens with zero attached hydrogens (tertiary/aromatic N) is 4. The Morgan fingerprint density at radius 3 is 2.62 bits per heavy atom. The molecule has 196 valence electrons. The lowest BCUT2D eigenvalue weighted by molar-refractivity contribution is 0.0600. The monoisotopic (exact) mass is 525 g/mol. The molecule has 1 fully saturated rings. The molecule has 0 bridgehead atoms. The van der Waals surface area contributed by atoms with Crippen molar-refractivity contribution in [1.29, 1.82) is 0 Å². The normalized spacial score (nSPS) is 14.0. The van der Waals surface area contributed by atoms with Gasteiger partial charge in [0, 0.05) is 45.0 Å². The van der Waals surface area contributed by atoms with Gasteiger partial charge in [0.2, 0.25) is 0 Å². The number of thioether (sulfide) groups is 1. The molecular weight excluding hydrogens is 494 g/mol. The Labute approximate surface area is 220 Å². The minimum Gasteiger partial charge on any atom is -0.465 e. The first-order chi connectivity index (χ1) is 18.0. The first kappa shape index (κ1) is 26.6. The number of ether oxygens (including phenoxy) is 2. The third kappa shape index (κ3) is 7.09. The highest BCUT2D eigenvalue weighted by molar-refractivity contribution is 7.98. The molecule has 1 aliphatic heterocycles. The number of anilines is 2. The third-order valence-corrected chi connectivity index (χ3v) is 6.82. The molecule has 0 spiro atoms. The van der Waals surface area contributed by atoms with Gasteiger partial charge in [-0.2, -0.15) is 0 Å². The standard InChI is InChI=1S/C26H31N5O5S/c1-4-30-10-12-31(13-11-30)23-15-20(16-34-2)28-26(29-23)37-17-21-8-9-22(36-21)24(32)27-19-7-5-6-18(14-19)25(33)35-3/h5-9,14-15H,4,10-13,16-17H2,1-3H3,(H,27,32). The van der Waals surface area contributed by atoms with Crippen LogP contribution in [0.15, 0.2) is 52.0 Å². The van der Waals surface area contributed by atoms with Crippen LogP contribution in [-0.2, 0) is 21.8 Å². The Hall–Kier alpha value is -3.41. The van der Waals surface area contributed by atoms with Crippen LogP contribution in [-0.4, -0.2) is 73.7 Å². The maximum absolute atomic E-state index is 12.7. The van der Waals surface area contributed by atoms with Crippen LogP contribution < -0.4 is 10.2 Å². The summed E-state index contributed by atoms with van der Waals surface area (Å²) in [6.07, 6.45) is 0. The Balaban J connectivity index is 1.39. The van der Waals surface area contributed by atoms with Crippen LogP contribution in [0, 0.1) is 0 Å². The van der Waals surface area contributed by atoms with E-state index in [4.69, 9.17) is 18.9 Å². The van der Waals surface area contributed by atoms with Crippen molar-refractivity contribution in [3.8, 4) is 0 Å². The number of rotatable bonds is 10. The van der Waals surface area contributed by atoms with Crippen LogP contribution in [0.3, 0.4) is 0 Å². The van der Waals surface area contributed by atoms with Gasteiger partial charge in [0.05, 0.1) is 30.7 Å². The van der Waals surface area contributed by atoms with E-state index in [2.05, 4.69) is 27.0 Å². The number of esters is 1. The molecule has 3 aromatic rings. The molecule has 0 atom stereocenters. The lowest BCUT2D eigenvalue weighted by Crippen LogP contribution is -2.46. The highest BCUT2D eigenvalue weighted by atomic mass is 32.2. The molecule has 2 aromatic heterocycles. The van der Waals surface area contributed by atoms with E-state index in [9.17, 15) is 9.59 Å². The van der Waals surface area contributed by atoms with Crippen LogP contribution in [0.1, 0.15) is 39.3 Å². The molecule has 10 nitrogen and oxygen atoms in total. The number of furan rings is 1. The predicted molar refractivity (Wildman–Crippen MR) is 141 cm³/mol. The van der Waals surface area contributed by atoms with Gasteiger partial charge in [0.25, 0.3) is 5.91 Å². The van der Waals surface area contributed by atoms with Gasteiger partial charge in [-0.3, -0.25) is 4.79 Å². The lowest BCUT2D eigenvalue weighted by atomic mass is 10.2. The van der Waals surface area contributed by atoms with Gasteiger partial charge in [-0.15, -0.1) is 0 Å². The van der Waals surface area contributed by atoms with Crippen LogP contribution in [0.5, 0.6) is 0 Å². The fourth-order valence-corrected chi connectivity index (χ4v) is 4.72. The SMILES string of the molecule is CCN1CCN(c2cc(COC)nc(SCc3ccc(C(=O)Nc4cccc(C(=O)OC)c4)o3)n2)CC1. The Morgan fingerprint density at radius 2 is 1.89 bits per heavy atom. The van der Waals surface area contributed by atoms with Gasteiger partial charge in [0.15, 0.2) is 10.9 Å². The van der Waals surface area contributed by atoms with Crippen molar-refractivity contribution in [2.75, 3.05) is 57.2 Å². The summed E-state index contributed by atoms with van der Waals surface area (Å²) < 4.78 is 15.8. The first-order valence-electron chi connectivity index (χ1n) is 12.0. The molecule has 1 saturated heterocycles. The van der Waals surface area contributed by atoms with E-state index in [1.807, 2.05) is 6.07 Å². The number of likely N-dealkylation sites (N-methyl/N-ethyl adjacent to an activating group) is 1. The van der Waals surface area contributed by atoms with Crippen molar-refractivity contribution in [1.82, 2.24) is 14.9 Å². The van der Waals surface area contributed by atoms with E-state index in [-0.39, 0.29) is 5.76 Å². The number of benzene rings is 1. The second-order valence-electron chi connectivity index (χ2n) is 8.44. The summed E-state index contributed by atoms with van der Waals surface area (Å²) >= 11 is 1.44. The summed E-state index contributed by atoms with van der Waals surface area (Å²) in [7, 11) is 2.96. The van der Waals surface area contributed by atoms with Gasteiger partial charge in [-0.25, -0.2) is 14.8 Å². The Morgan fingerprint density at radius 1 is 1.08 bits per heavy atom. The maximum atomic E-state index is 12.7. The van der Waals surface area contributed by atoms with E-state index >= 15 is 0 Å². The summed E-state index contributed by atoms with van der Waals surface area (Å²) in [5.74, 6) is 1.26. The fourth-order valence-electron chi connectivity index (χ4n) is 3.95. The number of nitrogens with one attached hydrogen (secondary N) is 1. The van der Waals surface area contributed by atoms with Gasteiger partial charge in [0.1, 0.15) is 11.6 Å². The van der Waals surface area contributed by atoms with Crippen molar-refractivity contribution in [2.45, 2.75) is 24.4 Å². The van der Waals surface area contributed by atoms with Crippen molar-refractivity contribution in [2.24, 2.45) is 0 Å². The number of hydrogen-bond donors (Lipinski definition) is 1. The average Bonchev–Trinajstić information content (AvgIpc) is 3.41. The zero-order valence-corrected chi connectivity index (χ0v) is 22.0. The number of hydrogen-bond acceptors (Lipinski definition) is 10. The molecule has 0 radical (unpaired) electrons. The Kier molecular flexibility index (Phi) is 9.15. The highest BCUT2D eigenvalue weighted by Crippen LogP contribution is 2.25. The zero-order chi connectivity index (χ0) is 26.2. The smallest absolute Gasteiger partial charge is 0.337 e. The summed E-state index contributed by atoms with van der Waals surface area (Å²) in [5, 5.41) is 3.37. The maximum Gasteiger partial charge on any atom is 0.337 e. The summed E-state index contributed by atoms with van der Waals surface area (Å²) in [5.41, 5.74) is 1.64. The number of methoxy groups -OCH3 is 2. The van der Waals surface area contributed by atoms with E-state index < -0.39 is 11.9 Å². The second kappa shape index (κ2) is 12.7. The molecule has 0 unspecified atom stereocenters. The highest BCUT2D eigenvalue weighted by Gasteiger charge is 2.19. The second-order valence-corrected chi connectivity index (χ2v) is 9.38. The molecule has 1 N–H and O–H groups in total. The number of aromatic nitrogens is 2. The molecule has 4 rings (SSSR count). The number of piperazine rings is 1. The van der Waals surface area contributed by atoms with Crippen LogP contribution in [0.4, 0.5) is 11.5 Å². The first-order valence-corrected chi connectivity index (χ1v) is 13.0. The summed E-state index contributed by atoms with van der Waals surface area (Å²) in [6.45, 7) is 7.48. The molecule has 11 heteroatoms. The fraction of sp³-hybridized carbons (Fsp3) is 0.385. The number of carbonyl (C=O) groups is 2. The largest absolute Gasteiger partial charge is 0.465 e. The number of amides is 1. The van der Waals surface area contributed by atoms with Crippen LogP contribution >= 0.6 is 11.8 Å². The zero-order valence-electron chi connectivity index (χ0n) is 21.2. The number of carbonyl (C=O) groups excluding carboxylic acids is 2. The Bertz CT molecular complexity index is 1230. The van der Waals surface area contributed by atoms with Gasteiger partial charge in [-0.1, -0.05) is 24.8 Å². The molecule has 1 amide bonds. The summed E-state index contributed by atoms with van der Waals surface area (Å²) in [4.78, 5) is 38.5. The van der Waals surface area contributed by atoms with Gasteiger partial charge in [-0.05, 0) is 36.9 Å². The minimum atomic E-state index is -0.475. The van der Waals surface area contributed by atoms with E-state index in [0.717, 1.165) is 44.2 Å².